The number of aryl methyl sites for hydroxylation is 1. The Morgan fingerprint density at radius 2 is 2.17 bits per heavy atom. The van der Waals surface area contributed by atoms with Gasteiger partial charge in [-0.2, -0.15) is 0 Å². The standard InChI is InChI=1S/C14H15N3O/c1-2-10-4-3-5-12(8-10)17-14(18)13-7-6-11(15)9-16-13/h3-9H,2,15H2,1H3,(H,17,18). The van der Waals surface area contributed by atoms with Gasteiger partial charge in [0, 0.05) is 5.69 Å². The third-order valence-corrected chi connectivity index (χ3v) is 2.61. The Labute approximate surface area is 106 Å². The quantitative estimate of drug-likeness (QED) is 0.867. The summed E-state index contributed by atoms with van der Waals surface area (Å²) in [6, 6.07) is 11.0. The Kier molecular flexibility index (Phi) is 3.57. The SMILES string of the molecule is CCc1cccc(NC(=O)c2ccc(N)cn2)c1. The first-order valence-corrected chi connectivity index (χ1v) is 5.81. The van der Waals surface area contributed by atoms with E-state index in [4.69, 9.17) is 5.73 Å². The Bertz CT molecular complexity index is 549. The highest BCUT2D eigenvalue weighted by molar-refractivity contribution is 6.02. The van der Waals surface area contributed by atoms with Crippen LogP contribution in [-0.2, 0) is 6.42 Å². The van der Waals surface area contributed by atoms with Crippen molar-refractivity contribution < 1.29 is 4.79 Å². The minimum absolute atomic E-state index is 0.233. The number of anilines is 2. The summed E-state index contributed by atoms with van der Waals surface area (Å²) >= 11 is 0. The van der Waals surface area contributed by atoms with Crippen LogP contribution >= 0.6 is 0 Å². The van der Waals surface area contributed by atoms with Gasteiger partial charge in [0.1, 0.15) is 5.69 Å². The van der Waals surface area contributed by atoms with E-state index in [1.54, 1.807) is 12.1 Å². The molecular weight excluding hydrogens is 226 g/mol. The molecule has 0 saturated heterocycles. The zero-order valence-electron chi connectivity index (χ0n) is 10.2. The van der Waals surface area contributed by atoms with Crippen molar-refractivity contribution in [3.05, 3.63) is 53.9 Å². The molecule has 0 aliphatic heterocycles. The van der Waals surface area contributed by atoms with Crippen LogP contribution in [0.2, 0.25) is 0 Å². The lowest BCUT2D eigenvalue weighted by Crippen LogP contribution is -2.13. The molecule has 0 saturated carbocycles. The van der Waals surface area contributed by atoms with Crippen LogP contribution in [0.25, 0.3) is 0 Å². The van der Waals surface area contributed by atoms with Gasteiger partial charge in [-0.1, -0.05) is 19.1 Å². The number of carbonyl (C=O) groups is 1. The smallest absolute Gasteiger partial charge is 0.274 e. The summed E-state index contributed by atoms with van der Waals surface area (Å²) in [7, 11) is 0. The second kappa shape index (κ2) is 5.31. The maximum Gasteiger partial charge on any atom is 0.274 e. The van der Waals surface area contributed by atoms with Crippen LogP contribution < -0.4 is 11.1 Å². The second-order valence-corrected chi connectivity index (χ2v) is 3.98. The van der Waals surface area contributed by atoms with Gasteiger partial charge in [-0.3, -0.25) is 4.79 Å². The monoisotopic (exact) mass is 241 g/mol. The number of hydrogen-bond donors (Lipinski definition) is 2. The Morgan fingerprint density at radius 3 is 2.83 bits per heavy atom. The number of nitrogens with one attached hydrogen (secondary N) is 1. The molecule has 0 atom stereocenters. The Morgan fingerprint density at radius 1 is 1.33 bits per heavy atom. The summed E-state index contributed by atoms with van der Waals surface area (Å²) in [5.41, 5.74) is 8.37. The number of rotatable bonds is 3. The number of nitrogens with two attached hydrogens (primary N) is 1. The predicted octanol–water partition coefficient (Wildman–Crippen LogP) is 2.48. The molecule has 2 rings (SSSR count). The van der Waals surface area contributed by atoms with Gasteiger partial charge < -0.3 is 11.1 Å². The number of aromatic nitrogens is 1. The molecule has 4 heteroatoms. The third kappa shape index (κ3) is 2.85. The molecule has 2 aromatic rings. The average molecular weight is 241 g/mol. The maximum atomic E-state index is 11.9. The number of benzene rings is 1. The summed E-state index contributed by atoms with van der Waals surface area (Å²) in [6.45, 7) is 2.07. The van der Waals surface area contributed by atoms with Gasteiger partial charge in [0.2, 0.25) is 0 Å². The first-order chi connectivity index (χ1) is 8.69. The van der Waals surface area contributed by atoms with E-state index < -0.39 is 0 Å². The van der Waals surface area contributed by atoms with Crippen molar-refractivity contribution >= 4 is 17.3 Å². The highest BCUT2D eigenvalue weighted by Crippen LogP contribution is 2.12. The maximum absolute atomic E-state index is 11.9. The lowest BCUT2D eigenvalue weighted by Gasteiger charge is -2.06. The van der Waals surface area contributed by atoms with Crippen molar-refractivity contribution in [2.75, 3.05) is 11.1 Å². The van der Waals surface area contributed by atoms with Gasteiger partial charge in [-0.25, -0.2) is 4.98 Å². The van der Waals surface area contributed by atoms with Gasteiger partial charge in [0.25, 0.3) is 5.91 Å². The van der Waals surface area contributed by atoms with Crippen molar-refractivity contribution in [2.45, 2.75) is 13.3 Å². The Balaban J connectivity index is 2.13. The molecule has 92 valence electrons. The van der Waals surface area contributed by atoms with Crippen LogP contribution in [0.1, 0.15) is 23.0 Å². The number of hydrogen-bond acceptors (Lipinski definition) is 3. The van der Waals surface area contributed by atoms with Gasteiger partial charge in [0.15, 0.2) is 0 Å². The molecule has 0 aliphatic carbocycles. The third-order valence-electron chi connectivity index (χ3n) is 2.61. The largest absolute Gasteiger partial charge is 0.397 e. The van der Waals surface area contributed by atoms with Crippen LogP contribution in [-0.4, -0.2) is 10.9 Å². The summed E-state index contributed by atoms with van der Waals surface area (Å²) < 4.78 is 0. The number of nitrogens with zero attached hydrogens (tertiary/aromatic N) is 1. The normalized spacial score (nSPS) is 10.1. The molecule has 1 aromatic carbocycles. The van der Waals surface area contributed by atoms with Crippen LogP contribution in [0.5, 0.6) is 0 Å². The molecular formula is C14H15N3O. The molecule has 1 heterocycles. The van der Waals surface area contributed by atoms with Crippen molar-refractivity contribution in [1.82, 2.24) is 4.98 Å². The predicted molar refractivity (Wildman–Crippen MR) is 72.4 cm³/mol. The molecule has 0 fully saturated rings. The van der Waals surface area contributed by atoms with E-state index in [1.165, 1.54) is 11.8 Å². The molecule has 4 nitrogen and oxygen atoms in total. The zero-order valence-corrected chi connectivity index (χ0v) is 10.2. The number of amides is 1. The molecule has 0 unspecified atom stereocenters. The highest BCUT2D eigenvalue weighted by Gasteiger charge is 2.07. The summed E-state index contributed by atoms with van der Waals surface area (Å²) in [4.78, 5) is 15.9. The van der Waals surface area contributed by atoms with Crippen molar-refractivity contribution in [2.24, 2.45) is 0 Å². The fourth-order valence-electron chi connectivity index (χ4n) is 1.60. The molecule has 0 spiro atoms. The minimum Gasteiger partial charge on any atom is -0.397 e. The molecule has 3 N–H and O–H groups in total. The molecule has 0 bridgehead atoms. The van der Waals surface area contributed by atoms with E-state index in [0.717, 1.165) is 12.1 Å². The number of pyridine rings is 1. The first kappa shape index (κ1) is 12.1. The van der Waals surface area contributed by atoms with E-state index in [-0.39, 0.29) is 5.91 Å². The fraction of sp³-hybridized carbons (Fsp3) is 0.143. The van der Waals surface area contributed by atoms with Crippen LogP contribution in [0.3, 0.4) is 0 Å². The van der Waals surface area contributed by atoms with Crippen molar-refractivity contribution in [1.29, 1.82) is 0 Å². The van der Waals surface area contributed by atoms with E-state index >= 15 is 0 Å². The topological polar surface area (TPSA) is 68.0 Å². The molecule has 18 heavy (non-hydrogen) atoms. The summed E-state index contributed by atoms with van der Waals surface area (Å²) in [5.74, 6) is -0.233. The van der Waals surface area contributed by atoms with Gasteiger partial charge in [0.05, 0.1) is 11.9 Å². The summed E-state index contributed by atoms with van der Waals surface area (Å²) in [6.07, 6.45) is 2.40. The van der Waals surface area contributed by atoms with E-state index in [9.17, 15) is 4.79 Å². The van der Waals surface area contributed by atoms with E-state index in [2.05, 4.69) is 17.2 Å². The second-order valence-electron chi connectivity index (χ2n) is 3.98. The van der Waals surface area contributed by atoms with Gasteiger partial charge in [-0.05, 0) is 36.2 Å². The molecule has 0 radical (unpaired) electrons. The highest BCUT2D eigenvalue weighted by atomic mass is 16.1. The summed E-state index contributed by atoms with van der Waals surface area (Å²) in [5, 5.41) is 2.81. The molecule has 1 aromatic heterocycles. The molecule has 0 aliphatic rings. The van der Waals surface area contributed by atoms with Crippen molar-refractivity contribution in [3.63, 3.8) is 0 Å². The first-order valence-electron chi connectivity index (χ1n) is 5.81. The number of carbonyl (C=O) groups excluding carboxylic acids is 1. The Hall–Kier alpha value is -2.36. The zero-order chi connectivity index (χ0) is 13.0. The van der Waals surface area contributed by atoms with Crippen LogP contribution in [0.4, 0.5) is 11.4 Å². The van der Waals surface area contributed by atoms with Crippen molar-refractivity contribution in [3.8, 4) is 0 Å². The van der Waals surface area contributed by atoms with Gasteiger partial charge in [-0.15, -0.1) is 0 Å². The van der Waals surface area contributed by atoms with E-state index in [0.29, 0.717) is 11.4 Å². The average Bonchev–Trinajstić information content (AvgIpc) is 2.39. The lowest BCUT2D eigenvalue weighted by molar-refractivity contribution is 0.102. The number of nitrogen functional groups attached to an aromatic ring is 1. The van der Waals surface area contributed by atoms with Crippen LogP contribution in [0, 0.1) is 0 Å². The van der Waals surface area contributed by atoms with Crippen LogP contribution in [0.15, 0.2) is 42.6 Å². The molecule has 1 amide bonds. The minimum atomic E-state index is -0.233. The lowest BCUT2D eigenvalue weighted by atomic mass is 10.1. The van der Waals surface area contributed by atoms with E-state index in [1.807, 2.05) is 24.3 Å². The van der Waals surface area contributed by atoms with Gasteiger partial charge >= 0.3 is 0 Å². The fourth-order valence-corrected chi connectivity index (χ4v) is 1.60.